The van der Waals surface area contributed by atoms with Gasteiger partial charge >= 0.3 is 5.97 Å². The predicted molar refractivity (Wildman–Crippen MR) is 179 cm³/mol. The van der Waals surface area contributed by atoms with Crippen LogP contribution in [0.25, 0.3) is 11.3 Å². The van der Waals surface area contributed by atoms with E-state index in [9.17, 15) is 14.4 Å². The Labute approximate surface area is 279 Å². The van der Waals surface area contributed by atoms with Gasteiger partial charge in [0.2, 0.25) is 5.91 Å². The van der Waals surface area contributed by atoms with Gasteiger partial charge in [0.05, 0.1) is 57.8 Å². The normalized spacial score (nSPS) is 16.3. The van der Waals surface area contributed by atoms with E-state index in [-0.39, 0.29) is 36.8 Å². The van der Waals surface area contributed by atoms with Crippen LogP contribution < -0.4 is 10.2 Å². The van der Waals surface area contributed by atoms with Crippen LogP contribution in [0, 0.1) is 5.92 Å². The molecular formula is C35H42N6O7. The van der Waals surface area contributed by atoms with Crippen molar-refractivity contribution >= 4 is 29.8 Å². The van der Waals surface area contributed by atoms with E-state index in [0.29, 0.717) is 58.2 Å². The molecule has 3 heterocycles. The van der Waals surface area contributed by atoms with Gasteiger partial charge in [-0.1, -0.05) is 42.5 Å². The van der Waals surface area contributed by atoms with Crippen molar-refractivity contribution in [1.82, 2.24) is 20.3 Å². The van der Waals surface area contributed by atoms with Crippen LogP contribution in [-0.4, -0.2) is 103 Å². The average molecular weight is 659 g/mol. The zero-order valence-corrected chi connectivity index (χ0v) is 26.9. The van der Waals surface area contributed by atoms with E-state index in [1.54, 1.807) is 23.5 Å². The first-order valence-corrected chi connectivity index (χ1v) is 16.3. The standard InChI is InChI=1S/C35H42N6O7/c42-33(43)13-18-46-20-22-48-23-21-47-19-15-36-34(44)28-8-6-26(7-9-28)30-24-32(38-25-37-30)40-16-11-29(12-17-40)35(45)41-31(10-14-39-41)27-4-2-1-3-5-27/h1-9,14,24-25,29,31H,10-13,15-23H2,(H,36,44)(H,42,43). The van der Waals surface area contributed by atoms with Crippen molar-refractivity contribution in [2.75, 3.05) is 64.2 Å². The largest absolute Gasteiger partial charge is 0.481 e. The molecular weight excluding hydrogens is 616 g/mol. The van der Waals surface area contributed by atoms with Crippen LogP contribution in [-0.2, 0) is 23.8 Å². The molecule has 1 aromatic heterocycles. The van der Waals surface area contributed by atoms with E-state index in [1.165, 1.54) is 0 Å². The molecule has 254 valence electrons. The molecule has 2 aliphatic rings. The lowest BCUT2D eigenvalue weighted by Crippen LogP contribution is -2.41. The molecule has 0 bridgehead atoms. The van der Waals surface area contributed by atoms with Crippen molar-refractivity contribution in [3.05, 3.63) is 78.1 Å². The molecule has 2 aromatic carbocycles. The molecule has 13 heteroatoms. The minimum absolute atomic E-state index is 0.0276. The van der Waals surface area contributed by atoms with Crippen molar-refractivity contribution in [1.29, 1.82) is 0 Å². The second kappa shape index (κ2) is 18.0. The number of carbonyl (C=O) groups excluding carboxylic acids is 2. The number of benzene rings is 2. The Morgan fingerprint density at radius 1 is 0.854 bits per heavy atom. The van der Waals surface area contributed by atoms with Crippen LogP contribution in [0.2, 0.25) is 0 Å². The minimum Gasteiger partial charge on any atom is -0.481 e. The van der Waals surface area contributed by atoms with Crippen LogP contribution in [0.4, 0.5) is 5.82 Å². The summed E-state index contributed by atoms with van der Waals surface area (Å²) in [5, 5.41) is 17.5. The summed E-state index contributed by atoms with van der Waals surface area (Å²) in [6.45, 7) is 3.73. The molecule has 0 spiro atoms. The Hall–Kier alpha value is -4.72. The number of hydrazone groups is 1. The van der Waals surface area contributed by atoms with Crippen LogP contribution >= 0.6 is 0 Å². The molecule has 1 atom stereocenters. The SMILES string of the molecule is O=C(O)CCOCCOCCOCCNC(=O)c1ccc(-c2cc(N3CCC(C(=O)N4N=CCC4c4ccccc4)CC3)ncn2)cc1. The van der Waals surface area contributed by atoms with E-state index in [1.807, 2.05) is 54.7 Å². The van der Waals surface area contributed by atoms with Gasteiger partial charge in [-0.05, 0) is 30.5 Å². The zero-order valence-electron chi connectivity index (χ0n) is 26.9. The van der Waals surface area contributed by atoms with E-state index in [0.717, 1.165) is 41.9 Å². The van der Waals surface area contributed by atoms with Crippen LogP contribution in [0.15, 0.2) is 72.1 Å². The number of hydrogen-bond donors (Lipinski definition) is 2. The van der Waals surface area contributed by atoms with E-state index in [4.69, 9.17) is 19.3 Å². The number of piperidine rings is 1. The first kappa shape index (κ1) is 34.6. The third-order valence-corrected chi connectivity index (χ3v) is 8.24. The van der Waals surface area contributed by atoms with Gasteiger partial charge in [0.1, 0.15) is 12.1 Å². The smallest absolute Gasteiger partial charge is 0.305 e. The second-order valence-corrected chi connectivity index (χ2v) is 11.5. The molecule has 13 nitrogen and oxygen atoms in total. The maximum absolute atomic E-state index is 13.4. The van der Waals surface area contributed by atoms with Gasteiger partial charge in [-0.2, -0.15) is 5.10 Å². The summed E-state index contributed by atoms with van der Waals surface area (Å²) >= 11 is 0. The van der Waals surface area contributed by atoms with E-state index < -0.39 is 5.97 Å². The maximum atomic E-state index is 13.4. The molecule has 3 aromatic rings. The Morgan fingerprint density at radius 3 is 2.25 bits per heavy atom. The van der Waals surface area contributed by atoms with E-state index >= 15 is 0 Å². The predicted octanol–water partition coefficient (Wildman–Crippen LogP) is 3.57. The van der Waals surface area contributed by atoms with Gasteiger partial charge in [0.15, 0.2) is 0 Å². The third-order valence-electron chi connectivity index (χ3n) is 8.24. The molecule has 2 aliphatic heterocycles. The number of anilines is 1. The summed E-state index contributed by atoms with van der Waals surface area (Å²) in [7, 11) is 0. The van der Waals surface area contributed by atoms with Gasteiger partial charge in [0.25, 0.3) is 5.91 Å². The number of aliphatic carboxylic acids is 1. The van der Waals surface area contributed by atoms with Crippen LogP contribution in [0.1, 0.15) is 47.6 Å². The molecule has 0 radical (unpaired) electrons. The highest BCUT2D eigenvalue weighted by atomic mass is 16.5. The summed E-state index contributed by atoms with van der Waals surface area (Å²) in [6, 6.07) is 19.2. The van der Waals surface area contributed by atoms with Crippen molar-refractivity contribution < 1.29 is 33.7 Å². The Kier molecular flexibility index (Phi) is 13.0. The molecule has 1 saturated heterocycles. The van der Waals surface area contributed by atoms with Gasteiger partial charge < -0.3 is 29.5 Å². The molecule has 48 heavy (non-hydrogen) atoms. The molecule has 5 rings (SSSR count). The topological polar surface area (TPSA) is 156 Å². The summed E-state index contributed by atoms with van der Waals surface area (Å²) in [5.41, 5.74) is 3.26. The van der Waals surface area contributed by atoms with Crippen molar-refractivity contribution in [2.24, 2.45) is 11.0 Å². The molecule has 0 saturated carbocycles. The highest BCUT2D eigenvalue weighted by Crippen LogP contribution is 2.32. The number of hydrogen-bond acceptors (Lipinski definition) is 10. The average Bonchev–Trinajstić information content (AvgIpc) is 3.62. The monoisotopic (exact) mass is 658 g/mol. The van der Waals surface area contributed by atoms with Gasteiger partial charge in [-0.15, -0.1) is 0 Å². The summed E-state index contributed by atoms with van der Waals surface area (Å²) < 4.78 is 16.0. The second-order valence-electron chi connectivity index (χ2n) is 11.5. The lowest BCUT2D eigenvalue weighted by Gasteiger charge is -2.34. The molecule has 2 amide bonds. The zero-order chi connectivity index (χ0) is 33.6. The van der Waals surface area contributed by atoms with E-state index in [2.05, 4.69) is 25.3 Å². The maximum Gasteiger partial charge on any atom is 0.305 e. The van der Waals surface area contributed by atoms with Crippen LogP contribution in [0.3, 0.4) is 0 Å². The number of carboxylic acids is 1. The van der Waals surface area contributed by atoms with Crippen molar-refractivity contribution in [2.45, 2.75) is 31.7 Å². The minimum atomic E-state index is -0.893. The number of ether oxygens (including phenoxy) is 3. The van der Waals surface area contributed by atoms with Crippen LogP contribution in [0.5, 0.6) is 0 Å². The molecule has 0 aliphatic carbocycles. The van der Waals surface area contributed by atoms with Crippen molar-refractivity contribution in [3.8, 4) is 11.3 Å². The number of nitrogens with zero attached hydrogens (tertiary/aromatic N) is 5. The number of amides is 2. The lowest BCUT2D eigenvalue weighted by molar-refractivity contribution is -0.139. The van der Waals surface area contributed by atoms with Gasteiger partial charge in [-0.25, -0.2) is 15.0 Å². The van der Waals surface area contributed by atoms with Gasteiger partial charge in [-0.3, -0.25) is 14.4 Å². The first-order chi connectivity index (χ1) is 23.5. The fourth-order valence-electron chi connectivity index (χ4n) is 5.63. The lowest BCUT2D eigenvalue weighted by atomic mass is 9.94. The number of carboxylic acid groups (broad SMARTS) is 1. The number of carbonyl (C=O) groups is 3. The highest BCUT2D eigenvalue weighted by Gasteiger charge is 2.35. The summed E-state index contributed by atoms with van der Waals surface area (Å²) in [5.74, 6) is -0.287. The number of aromatic nitrogens is 2. The fourth-order valence-corrected chi connectivity index (χ4v) is 5.63. The molecule has 1 unspecified atom stereocenters. The Bertz CT molecular complexity index is 1510. The third kappa shape index (κ3) is 9.89. The molecule has 1 fully saturated rings. The summed E-state index contributed by atoms with van der Waals surface area (Å²) in [6.07, 6.45) is 5.53. The summed E-state index contributed by atoms with van der Waals surface area (Å²) in [4.78, 5) is 47.6. The Balaban J connectivity index is 1.01. The first-order valence-electron chi connectivity index (χ1n) is 16.3. The fraction of sp³-hybridized carbons (Fsp3) is 0.429. The van der Waals surface area contributed by atoms with Crippen molar-refractivity contribution in [3.63, 3.8) is 0 Å². The highest BCUT2D eigenvalue weighted by molar-refractivity contribution is 5.94. The quantitative estimate of drug-likeness (QED) is 0.206. The number of nitrogens with one attached hydrogen (secondary N) is 1. The molecule has 2 N–H and O–H groups in total. The Morgan fingerprint density at radius 2 is 1.54 bits per heavy atom. The van der Waals surface area contributed by atoms with Gasteiger partial charge in [0, 0.05) is 55.4 Å². The number of rotatable bonds is 17.